The molecule has 2 aromatic carbocycles. The maximum atomic E-state index is 11.1. The number of aromatic amines is 1. The normalized spacial score (nSPS) is 10.4. The molecule has 0 spiro atoms. The monoisotopic (exact) mass is 359 g/mol. The van der Waals surface area contributed by atoms with Crippen molar-refractivity contribution in [2.45, 2.75) is 0 Å². The van der Waals surface area contributed by atoms with Crippen molar-refractivity contribution in [3.63, 3.8) is 0 Å². The minimum absolute atomic E-state index is 0.0327. The number of nitrogens with zero attached hydrogens (tertiary/aromatic N) is 4. The maximum absolute atomic E-state index is 11.1. The van der Waals surface area contributed by atoms with Crippen molar-refractivity contribution >= 4 is 16.9 Å². The van der Waals surface area contributed by atoms with E-state index in [1.165, 1.54) is 0 Å². The highest BCUT2D eigenvalue weighted by Gasteiger charge is 2.16. The van der Waals surface area contributed by atoms with Gasteiger partial charge < -0.3 is 9.84 Å². The Hall–Kier alpha value is -4.12. The molecule has 0 fully saturated rings. The number of hydrogen-bond acceptors (Lipinski definition) is 5. The van der Waals surface area contributed by atoms with Gasteiger partial charge >= 0.3 is 5.97 Å². The van der Waals surface area contributed by atoms with Crippen LogP contribution in [0.5, 0.6) is 11.6 Å². The summed E-state index contributed by atoms with van der Waals surface area (Å²) in [5, 5.41) is 23.6. The lowest BCUT2D eigenvalue weighted by molar-refractivity contribution is 0.0687. The number of benzene rings is 2. The van der Waals surface area contributed by atoms with Crippen molar-refractivity contribution in [2.75, 3.05) is 0 Å². The number of aromatic carboxylic acids is 1. The van der Waals surface area contributed by atoms with Gasteiger partial charge in [0.15, 0.2) is 0 Å². The lowest BCUT2D eigenvalue weighted by Gasteiger charge is -2.03. The number of hydrogen-bond donors (Lipinski definition) is 2. The molecule has 2 N–H and O–H groups in total. The second kappa shape index (κ2) is 6.65. The third kappa shape index (κ3) is 3.34. The first-order valence-electron chi connectivity index (χ1n) is 7.96. The summed E-state index contributed by atoms with van der Waals surface area (Å²) in [5.41, 5.74) is 2.35. The molecule has 0 amide bonds. The molecule has 2 heterocycles. The Balaban J connectivity index is 1.58. The van der Waals surface area contributed by atoms with E-state index >= 15 is 0 Å². The molecule has 4 rings (SSSR count). The first-order valence-corrected chi connectivity index (χ1v) is 7.96. The second-order valence-corrected chi connectivity index (χ2v) is 5.72. The fraction of sp³-hybridized carbons (Fsp3) is 0.0526. The van der Waals surface area contributed by atoms with Gasteiger partial charge in [0.1, 0.15) is 5.75 Å². The summed E-state index contributed by atoms with van der Waals surface area (Å²) < 4.78 is 7.33. The Kier molecular flexibility index (Phi) is 4.03. The van der Waals surface area contributed by atoms with E-state index in [0.29, 0.717) is 5.75 Å². The number of carbonyl (C=O) groups is 1. The van der Waals surface area contributed by atoms with Crippen molar-refractivity contribution in [3.8, 4) is 23.5 Å². The highest BCUT2D eigenvalue weighted by molar-refractivity contribution is 5.87. The molecular formula is C19H13N5O3. The second-order valence-electron chi connectivity index (χ2n) is 5.72. The summed E-state index contributed by atoms with van der Waals surface area (Å²) in [4.78, 5) is 11.1. The van der Waals surface area contributed by atoms with Gasteiger partial charge in [-0.25, -0.2) is 9.89 Å². The van der Waals surface area contributed by atoms with Crippen molar-refractivity contribution in [1.29, 1.82) is 0 Å². The van der Waals surface area contributed by atoms with E-state index in [-0.39, 0.29) is 11.6 Å². The minimum Gasteiger partial charge on any atom is -0.476 e. The van der Waals surface area contributed by atoms with Crippen molar-refractivity contribution < 1.29 is 14.6 Å². The van der Waals surface area contributed by atoms with Crippen LogP contribution in [0.15, 0.2) is 48.7 Å². The molecule has 0 unspecified atom stereocenters. The lowest BCUT2D eigenvalue weighted by atomic mass is 10.1. The number of carboxylic acids is 1. The number of ether oxygens (including phenoxy) is 1. The Morgan fingerprint density at radius 3 is 2.81 bits per heavy atom. The third-order valence-corrected chi connectivity index (χ3v) is 3.87. The molecule has 132 valence electrons. The van der Waals surface area contributed by atoms with Crippen molar-refractivity contribution in [3.05, 3.63) is 65.5 Å². The Bertz CT molecular complexity index is 1210. The quantitative estimate of drug-likeness (QED) is 0.545. The van der Waals surface area contributed by atoms with E-state index in [1.807, 2.05) is 36.0 Å². The molecular weight excluding hydrogens is 346 g/mol. The van der Waals surface area contributed by atoms with Gasteiger partial charge in [0, 0.05) is 23.6 Å². The van der Waals surface area contributed by atoms with Gasteiger partial charge in [0.2, 0.25) is 5.69 Å². The average molecular weight is 359 g/mol. The zero-order valence-electron chi connectivity index (χ0n) is 14.2. The van der Waals surface area contributed by atoms with Crippen LogP contribution in [-0.2, 0) is 7.05 Å². The highest BCUT2D eigenvalue weighted by Crippen LogP contribution is 2.22. The van der Waals surface area contributed by atoms with Crippen LogP contribution in [0.25, 0.3) is 10.9 Å². The number of carboxylic acid groups (broad SMARTS) is 1. The molecule has 0 radical (unpaired) electrons. The molecule has 0 aliphatic heterocycles. The zero-order valence-corrected chi connectivity index (χ0v) is 14.2. The van der Waals surface area contributed by atoms with Crippen LogP contribution in [0, 0.1) is 11.8 Å². The molecule has 0 aliphatic carbocycles. The third-order valence-electron chi connectivity index (χ3n) is 3.87. The van der Waals surface area contributed by atoms with Crippen LogP contribution in [0.4, 0.5) is 0 Å². The van der Waals surface area contributed by atoms with Crippen LogP contribution in [0.2, 0.25) is 0 Å². The Labute approximate surface area is 153 Å². The number of aromatic nitrogens is 5. The van der Waals surface area contributed by atoms with Gasteiger partial charge in [-0.3, -0.25) is 4.68 Å². The smallest absolute Gasteiger partial charge is 0.362 e. The maximum Gasteiger partial charge on any atom is 0.362 e. The van der Waals surface area contributed by atoms with E-state index in [1.54, 1.807) is 24.4 Å². The molecule has 2 aromatic heterocycles. The number of fused-ring (bicyclic) bond motifs is 1. The minimum atomic E-state index is -1.22. The number of H-pyrrole nitrogens is 1. The van der Waals surface area contributed by atoms with Gasteiger partial charge in [-0.15, -0.1) is 5.10 Å². The van der Waals surface area contributed by atoms with E-state index in [4.69, 9.17) is 9.84 Å². The van der Waals surface area contributed by atoms with Crippen LogP contribution in [0.1, 0.15) is 21.6 Å². The Morgan fingerprint density at radius 2 is 2.00 bits per heavy atom. The molecule has 8 nitrogen and oxygen atoms in total. The number of aryl methyl sites for hydroxylation is 1. The summed E-state index contributed by atoms with van der Waals surface area (Å²) in [6.45, 7) is 0. The first kappa shape index (κ1) is 16.4. The summed E-state index contributed by atoms with van der Waals surface area (Å²) in [7, 11) is 1.89. The van der Waals surface area contributed by atoms with E-state index in [9.17, 15) is 4.79 Å². The molecule has 0 bridgehead atoms. The number of nitrogens with one attached hydrogen (secondary N) is 1. The van der Waals surface area contributed by atoms with Crippen LogP contribution < -0.4 is 4.74 Å². The molecule has 4 aromatic rings. The topological polar surface area (TPSA) is 106 Å². The molecule has 0 atom stereocenters. The number of rotatable bonds is 3. The van der Waals surface area contributed by atoms with Gasteiger partial charge in [0.05, 0.1) is 11.7 Å². The van der Waals surface area contributed by atoms with Gasteiger partial charge in [0.25, 0.3) is 5.88 Å². The van der Waals surface area contributed by atoms with Gasteiger partial charge in [-0.1, -0.05) is 23.1 Å². The SMILES string of the molecule is Cn1ncc2cc(C#Cc3cccc(Oc4[nH]nnc4C(=O)O)c3)ccc21. The molecule has 0 aliphatic rings. The highest BCUT2D eigenvalue weighted by atomic mass is 16.5. The standard InChI is InChI=1S/C19H13N5O3/c1-24-16-8-7-13(9-14(16)11-20-24)6-5-12-3-2-4-15(10-12)27-18-17(19(25)26)21-23-22-18/h2-4,7-11H,1H3,(H,25,26)(H,21,22,23). The van der Waals surface area contributed by atoms with Crippen LogP contribution >= 0.6 is 0 Å². The molecule has 8 heteroatoms. The molecule has 27 heavy (non-hydrogen) atoms. The predicted molar refractivity (Wildman–Crippen MR) is 96.6 cm³/mol. The predicted octanol–water partition coefficient (Wildman–Crippen LogP) is 2.58. The fourth-order valence-electron chi connectivity index (χ4n) is 2.57. The van der Waals surface area contributed by atoms with E-state index in [0.717, 1.165) is 22.0 Å². The van der Waals surface area contributed by atoms with E-state index < -0.39 is 5.97 Å². The fourth-order valence-corrected chi connectivity index (χ4v) is 2.57. The molecule has 0 saturated carbocycles. The summed E-state index contributed by atoms with van der Waals surface area (Å²) in [6.07, 6.45) is 1.80. The summed E-state index contributed by atoms with van der Waals surface area (Å²) >= 11 is 0. The largest absolute Gasteiger partial charge is 0.476 e. The average Bonchev–Trinajstić information content (AvgIpc) is 3.27. The van der Waals surface area contributed by atoms with Crippen molar-refractivity contribution in [1.82, 2.24) is 25.2 Å². The Morgan fingerprint density at radius 1 is 1.19 bits per heavy atom. The van der Waals surface area contributed by atoms with Crippen LogP contribution in [-0.4, -0.2) is 36.3 Å². The van der Waals surface area contributed by atoms with Gasteiger partial charge in [-0.05, 0) is 36.4 Å². The molecule has 0 saturated heterocycles. The van der Waals surface area contributed by atoms with Gasteiger partial charge in [-0.2, -0.15) is 5.10 Å². The summed E-state index contributed by atoms with van der Waals surface area (Å²) in [5.74, 6) is 5.36. The summed E-state index contributed by atoms with van der Waals surface area (Å²) in [6, 6.07) is 12.9. The zero-order chi connectivity index (χ0) is 18.8. The van der Waals surface area contributed by atoms with E-state index in [2.05, 4.69) is 32.4 Å². The lowest BCUT2D eigenvalue weighted by Crippen LogP contribution is -1.99. The van der Waals surface area contributed by atoms with Crippen molar-refractivity contribution in [2.24, 2.45) is 7.05 Å². The van der Waals surface area contributed by atoms with Crippen LogP contribution in [0.3, 0.4) is 0 Å². The first-order chi connectivity index (χ1) is 13.1.